The van der Waals surface area contributed by atoms with Crippen molar-refractivity contribution in [2.45, 2.75) is 43.7 Å². The Bertz CT molecular complexity index is 820. The number of likely N-dealkylation sites (tertiary alicyclic amines) is 1. The summed E-state index contributed by atoms with van der Waals surface area (Å²) in [7, 11) is 1.19. The second kappa shape index (κ2) is 8.23. The summed E-state index contributed by atoms with van der Waals surface area (Å²) in [6.45, 7) is 5.15. The Morgan fingerprint density at radius 1 is 1.36 bits per heavy atom. The molecule has 1 amide bonds. The second-order valence-electron chi connectivity index (χ2n) is 7.27. The van der Waals surface area contributed by atoms with Crippen LogP contribution in [0.25, 0.3) is 0 Å². The van der Waals surface area contributed by atoms with E-state index in [1.54, 1.807) is 20.8 Å². The van der Waals surface area contributed by atoms with Crippen LogP contribution in [0.5, 0.6) is 0 Å². The van der Waals surface area contributed by atoms with Gasteiger partial charge < -0.3 is 18.9 Å². The third-order valence-corrected chi connectivity index (χ3v) is 4.99. The Labute approximate surface area is 164 Å². The van der Waals surface area contributed by atoms with Gasteiger partial charge >= 0.3 is 12.1 Å². The Balaban J connectivity index is 2.60. The van der Waals surface area contributed by atoms with Gasteiger partial charge in [0.15, 0.2) is 11.1 Å². The number of hydrogen-bond acceptors (Lipinski definition) is 7. The Hall–Kier alpha value is -2.53. The van der Waals surface area contributed by atoms with Crippen molar-refractivity contribution in [1.29, 1.82) is 0 Å². The first-order valence-electron chi connectivity index (χ1n) is 8.43. The number of nitro groups is 1. The number of nitrogens with zero attached hydrogens (tertiary/aromatic N) is 2. The summed E-state index contributed by atoms with van der Waals surface area (Å²) in [5.41, 5.74) is -1.10. The molecule has 0 saturated carbocycles. The molecule has 0 spiro atoms. The van der Waals surface area contributed by atoms with Crippen molar-refractivity contribution in [3.05, 3.63) is 33.9 Å². The zero-order chi connectivity index (χ0) is 21.2. The lowest BCUT2D eigenvalue weighted by Crippen LogP contribution is -2.38. The van der Waals surface area contributed by atoms with Gasteiger partial charge in [0.05, 0.1) is 28.9 Å². The summed E-state index contributed by atoms with van der Waals surface area (Å²) in [5, 5.41) is 11.2. The highest BCUT2D eigenvalue weighted by molar-refractivity contribution is 7.79. The van der Waals surface area contributed by atoms with Gasteiger partial charge in [-0.3, -0.25) is 14.9 Å². The summed E-state index contributed by atoms with van der Waals surface area (Å²) in [4.78, 5) is 36.6. The van der Waals surface area contributed by atoms with Crippen molar-refractivity contribution >= 4 is 28.8 Å². The van der Waals surface area contributed by atoms with Crippen molar-refractivity contribution < 1.29 is 32.7 Å². The van der Waals surface area contributed by atoms with Gasteiger partial charge in [-0.05, 0) is 33.3 Å². The van der Waals surface area contributed by atoms with Gasteiger partial charge in [-0.25, -0.2) is 9.00 Å². The molecule has 0 aliphatic carbocycles. The van der Waals surface area contributed by atoms with E-state index >= 15 is 0 Å². The van der Waals surface area contributed by atoms with Crippen molar-refractivity contribution in [3.8, 4) is 0 Å². The molecule has 3 unspecified atom stereocenters. The molecule has 10 nitrogen and oxygen atoms in total. The molecular weight excluding hydrogens is 392 g/mol. The minimum absolute atomic E-state index is 0.0359. The van der Waals surface area contributed by atoms with E-state index in [1.165, 1.54) is 12.0 Å². The molecule has 1 aliphatic rings. The van der Waals surface area contributed by atoms with Crippen LogP contribution in [0.2, 0.25) is 0 Å². The molecule has 0 radical (unpaired) electrons. The number of nitro benzene ring substituents is 1. The topological polar surface area (TPSA) is 136 Å². The fraction of sp³-hybridized carbons (Fsp3) is 0.529. The minimum atomic E-state index is -2.49. The van der Waals surface area contributed by atoms with Crippen LogP contribution in [0.3, 0.4) is 0 Å². The highest BCUT2D eigenvalue weighted by Crippen LogP contribution is 2.42. The summed E-state index contributed by atoms with van der Waals surface area (Å²) in [6.07, 6.45) is -0.512. The second-order valence-corrected chi connectivity index (χ2v) is 8.20. The maximum Gasteiger partial charge on any atom is 0.410 e. The normalized spacial score (nSPS) is 20.5. The summed E-state index contributed by atoms with van der Waals surface area (Å²) < 4.78 is 31.6. The van der Waals surface area contributed by atoms with Gasteiger partial charge in [-0.2, -0.15) is 0 Å². The zero-order valence-corrected chi connectivity index (χ0v) is 16.7. The van der Waals surface area contributed by atoms with E-state index in [1.807, 2.05) is 0 Å². The fourth-order valence-electron chi connectivity index (χ4n) is 3.14. The van der Waals surface area contributed by atoms with Gasteiger partial charge in [0.25, 0.3) is 5.69 Å². The van der Waals surface area contributed by atoms with Crippen LogP contribution in [0, 0.1) is 16.0 Å². The lowest BCUT2D eigenvalue weighted by Gasteiger charge is -2.31. The number of methoxy groups -OCH3 is 1. The lowest BCUT2D eigenvalue weighted by atomic mass is 9.93. The Morgan fingerprint density at radius 2 is 2.00 bits per heavy atom. The zero-order valence-electron chi connectivity index (χ0n) is 15.9. The number of benzene rings is 1. The lowest BCUT2D eigenvalue weighted by molar-refractivity contribution is -0.385. The maximum atomic E-state index is 12.7. The van der Waals surface area contributed by atoms with Crippen molar-refractivity contribution in [1.82, 2.24) is 4.90 Å². The molecule has 0 bridgehead atoms. The van der Waals surface area contributed by atoms with Crippen LogP contribution in [0.15, 0.2) is 23.1 Å². The number of amides is 1. The number of esters is 1. The van der Waals surface area contributed by atoms with Crippen LogP contribution in [-0.2, 0) is 25.3 Å². The van der Waals surface area contributed by atoms with E-state index in [0.29, 0.717) is 0 Å². The Morgan fingerprint density at radius 3 is 2.50 bits per heavy atom. The summed E-state index contributed by atoms with van der Waals surface area (Å²) in [6, 6.07) is 2.30. The first-order chi connectivity index (χ1) is 13.0. The number of rotatable bonds is 4. The number of hydrogen-bond donors (Lipinski definition) is 1. The average molecular weight is 414 g/mol. The molecule has 11 heteroatoms. The van der Waals surface area contributed by atoms with Crippen molar-refractivity contribution in [3.63, 3.8) is 0 Å². The van der Waals surface area contributed by atoms with Crippen molar-refractivity contribution in [2.24, 2.45) is 5.92 Å². The van der Waals surface area contributed by atoms with E-state index in [0.717, 1.165) is 18.2 Å². The van der Waals surface area contributed by atoms with Crippen molar-refractivity contribution in [2.75, 3.05) is 13.7 Å². The van der Waals surface area contributed by atoms with E-state index in [4.69, 9.17) is 9.47 Å². The predicted molar refractivity (Wildman–Crippen MR) is 97.9 cm³/mol. The molecule has 1 aliphatic heterocycles. The van der Waals surface area contributed by atoms with Gasteiger partial charge in [0.1, 0.15) is 5.60 Å². The third kappa shape index (κ3) is 4.65. The smallest absolute Gasteiger partial charge is 0.410 e. The standard InChI is InChI=1S/C17H22N2O8S/c1-17(2,3)27-16(21)18-8-7-11(15(20)26-4)14(18)12-9-10(19(22)23)5-6-13(12)28(24)25/h5-6,9,11,14H,7-8H2,1-4H3,(H,24,25). The van der Waals surface area contributed by atoms with E-state index in [2.05, 4.69) is 0 Å². The number of ether oxygens (including phenoxy) is 2. The molecule has 3 atom stereocenters. The molecule has 1 fully saturated rings. The molecule has 2 rings (SSSR count). The fourth-order valence-corrected chi connectivity index (χ4v) is 3.71. The van der Waals surface area contributed by atoms with Crippen LogP contribution < -0.4 is 0 Å². The molecule has 28 heavy (non-hydrogen) atoms. The first kappa shape index (κ1) is 21.8. The quantitative estimate of drug-likeness (QED) is 0.344. The number of carbonyl (C=O) groups is 2. The van der Waals surface area contributed by atoms with E-state index < -0.39 is 45.6 Å². The molecule has 1 aromatic rings. The maximum absolute atomic E-state index is 12.7. The number of non-ortho nitro benzene ring substituents is 1. The highest BCUT2D eigenvalue weighted by atomic mass is 32.2. The summed E-state index contributed by atoms with van der Waals surface area (Å²) >= 11 is -2.49. The summed E-state index contributed by atoms with van der Waals surface area (Å²) in [5.74, 6) is -1.49. The largest absolute Gasteiger partial charge is 0.469 e. The van der Waals surface area contributed by atoms with Gasteiger partial charge in [0, 0.05) is 24.2 Å². The molecule has 154 valence electrons. The van der Waals surface area contributed by atoms with E-state index in [-0.39, 0.29) is 29.1 Å². The SMILES string of the molecule is COC(=O)C1CCN(C(=O)OC(C)(C)C)C1c1cc([N+](=O)[O-])ccc1S(=O)O. The molecule has 1 aromatic carbocycles. The minimum Gasteiger partial charge on any atom is -0.469 e. The molecule has 1 N–H and O–H groups in total. The van der Waals surface area contributed by atoms with Crippen LogP contribution in [0.1, 0.15) is 38.8 Å². The molecule has 0 aromatic heterocycles. The molecule has 1 heterocycles. The third-order valence-electron chi connectivity index (χ3n) is 4.24. The van der Waals surface area contributed by atoms with Crippen LogP contribution in [0.4, 0.5) is 10.5 Å². The van der Waals surface area contributed by atoms with Gasteiger partial charge in [-0.1, -0.05) is 0 Å². The van der Waals surface area contributed by atoms with E-state index in [9.17, 15) is 28.5 Å². The van der Waals surface area contributed by atoms with Crippen LogP contribution in [-0.4, -0.2) is 49.9 Å². The Kier molecular flexibility index (Phi) is 6.40. The monoisotopic (exact) mass is 414 g/mol. The van der Waals surface area contributed by atoms with Gasteiger partial charge in [0.2, 0.25) is 0 Å². The average Bonchev–Trinajstić information content (AvgIpc) is 3.03. The molecule has 1 saturated heterocycles. The number of carbonyl (C=O) groups excluding carboxylic acids is 2. The van der Waals surface area contributed by atoms with Gasteiger partial charge in [-0.15, -0.1) is 0 Å². The highest BCUT2D eigenvalue weighted by Gasteiger charge is 2.45. The van der Waals surface area contributed by atoms with Crippen LogP contribution >= 0.6 is 0 Å². The predicted octanol–water partition coefficient (Wildman–Crippen LogP) is 2.65. The first-order valence-corrected chi connectivity index (χ1v) is 9.53. The molecular formula is C17H22N2O8S.